The second kappa shape index (κ2) is 5.58. The summed E-state index contributed by atoms with van der Waals surface area (Å²) < 4.78 is 5.35. The second-order valence-corrected chi connectivity index (χ2v) is 4.21. The van der Waals surface area contributed by atoms with Gasteiger partial charge in [0.2, 0.25) is 0 Å². The van der Waals surface area contributed by atoms with Crippen LogP contribution < -0.4 is 10.1 Å². The van der Waals surface area contributed by atoms with Crippen LogP contribution in [0.3, 0.4) is 0 Å². The molecule has 1 N–H and O–H groups in total. The lowest BCUT2D eigenvalue weighted by Gasteiger charge is -2.10. The molecule has 0 saturated carbocycles. The van der Waals surface area contributed by atoms with Gasteiger partial charge < -0.3 is 10.1 Å². The molecule has 0 unspecified atom stereocenters. The minimum absolute atomic E-state index is 0.966. The largest absolute Gasteiger partial charge is 0.496 e. The maximum absolute atomic E-state index is 5.35. The van der Waals surface area contributed by atoms with E-state index in [1.54, 1.807) is 7.11 Å². The predicted octanol–water partition coefficient (Wildman–Crippen LogP) is 3.97. The van der Waals surface area contributed by atoms with Gasteiger partial charge >= 0.3 is 0 Å². The van der Waals surface area contributed by atoms with Crippen LogP contribution in [0.15, 0.2) is 42.5 Å². The minimum Gasteiger partial charge on any atom is -0.496 e. The topological polar surface area (TPSA) is 21.3 Å². The molecule has 0 aliphatic rings. The molecule has 0 atom stereocenters. The van der Waals surface area contributed by atoms with Gasteiger partial charge in [-0.25, -0.2) is 0 Å². The van der Waals surface area contributed by atoms with Crippen molar-refractivity contribution in [1.82, 2.24) is 0 Å². The van der Waals surface area contributed by atoms with Crippen molar-refractivity contribution in [3.8, 4) is 16.9 Å². The van der Waals surface area contributed by atoms with E-state index in [1.807, 2.05) is 13.1 Å². The van der Waals surface area contributed by atoms with Crippen LogP contribution in [0.4, 0.5) is 5.69 Å². The molecule has 2 nitrogen and oxygen atoms in total. The van der Waals surface area contributed by atoms with E-state index in [4.69, 9.17) is 4.74 Å². The fourth-order valence-electron chi connectivity index (χ4n) is 2.06. The van der Waals surface area contributed by atoms with E-state index in [0.717, 1.165) is 17.9 Å². The molecule has 0 spiro atoms. The molecule has 0 amide bonds. The highest BCUT2D eigenvalue weighted by Gasteiger charge is 2.04. The molecular formula is C16H19NO. The molecule has 2 aromatic carbocycles. The monoisotopic (exact) mass is 241 g/mol. The first-order valence-electron chi connectivity index (χ1n) is 6.23. The molecule has 0 aromatic heterocycles. The lowest BCUT2D eigenvalue weighted by atomic mass is 10.0. The van der Waals surface area contributed by atoms with Crippen LogP contribution in [0.1, 0.15) is 12.5 Å². The first kappa shape index (κ1) is 12.5. The van der Waals surface area contributed by atoms with Gasteiger partial charge in [0.1, 0.15) is 5.75 Å². The molecule has 0 heterocycles. The van der Waals surface area contributed by atoms with E-state index in [2.05, 4.69) is 48.6 Å². The fourth-order valence-corrected chi connectivity index (χ4v) is 2.06. The smallest absolute Gasteiger partial charge is 0.122 e. The zero-order chi connectivity index (χ0) is 13.0. The summed E-state index contributed by atoms with van der Waals surface area (Å²) in [6.07, 6.45) is 0.978. The lowest BCUT2D eigenvalue weighted by Crippen LogP contribution is -1.91. The number of hydrogen-bond donors (Lipinski definition) is 1. The Balaban J connectivity index is 2.37. The number of rotatable bonds is 4. The molecule has 0 aliphatic heterocycles. The van der Waals surface area contributed by atoms with E-state index in [9.17, 15) is 0 Å². The van der Waals surface area contributed by atoms with Crippen LogP contribution in [0.5, 0.6) is 5.75 Å². The first-order valence-corrected chi connectivity index (χ1v) is 6.23. The number of nitrogens with one attached hydrogen (secondary N) is 1. The molecule has 0 saturated heterocycles. The van der Waals surface area contributed by atoms with Crippen molar-refractivity contribution >= 4 is 5.69 Å². The van der Waals surface area contributed by atoms with E-state index in [-0.39, 0.29) is 0 Å². The Kier molecular flexibility index (Phi) is 3.88. The van der Waals surface area contributed by atoms with Gasteiger partial charge in [0.25, 0.3) is 0 Å². The second-order valence-electron chi connectivity index (χ2n) is 4.21. The Hall–Kier alpha value is -1.96. The Morgan fingerprint density at radius 3 is 2.22 bits per heavy atom. The number of benzene rings is 2. The van der Waals surface area contributed by atoms with E-state index < -0.39 is 0 Å². The number of hydrogen-bond acceptors (Lipinski definition) is 2. The summed E-state index contributed by atoms with van der Waals surface area (Å²) in [7, 11) is 3.65. The van der Waals surface area contributed by atoms with E-state index in [0.29, 0.717) is 0 Å². The third-order valence-corrected chi connectivity index (χ3v) is 3.17. The standard InChI is InChI=1S/C16H19NO/c1-4-12-11-14(7-10-16(12)18-3)13-5-8-15(17-2)9-6-13/h5-11,17H,4H2,1-3H3. The molecule has 2 aromatic rings. The Labute approximate surface area is 109 Å². The highest BCUT2D eigenvalue weighted by Crippen LogP contribution is 2.27. The maximum Gasteiger partial charge on any atom is 0.122 e. The van der Waals surface area contributed by atoms with Crippen molar-refractivity contribution in [2.24, 2.45) is 0 Å². The third kappa shape index (κ3) is 2.48. The predicted molar refractivity (Wildman–Crippen MR) is 77.4 cm³/mol. The number of methoxy groups -OCH3 is 1. The van der Waals surface area contributed by atoms with Crippen LogP contribution in [0.25, 0.3) is 11.1 Å². The molecule has 0 fully saturated rings. The van der Waals surface area contributed by atoms with Gasteiger partial charge in [-0.1, -0.05) is 25.1 Å². The van der Waals surface area contributed by atoms with Gasteiger partial charge in [-0.15, -0.1) is 0 Å². The summed E-state index contributed by atoms with van der Waals surface area (Å²) in [4.78, 5) is 0. The molecule has 94 valence electrons. The number of aryl methyl sites for hydroxylation is 1. The van der Waals surface area contributed by atoms with Gasteiger partial charge in [0.05, 0.1) is 7.11 Å². The molecule has 18 heavy (non-hydrogen) atoms. The van der Waals surface area contributed by atoms with Gasteiger partial charge in [-0.2, -0.15) is 0 Å². The minimum atomic E-state index is 0.966. The normalized spacial score (nSPS) is 10.2. The first-order chi connectivity index (χ1) is 8.78. The van der Waals surface area contributed by atoms with Crippen molar-refractivity contribution in [3.63, 3.8) is 0 Å². The average Bonchev–Trinajstić information content (AvgIpc) is 2.46. The van der Waals surface area contributed by atoms with Crippen LogP contribution in [-0.4, -0.2) is 14.2 Å². The summed E-state index contributed by atoms with van der Waals surface area (Å²) in [5, 5.41) is 3.13. The van der Waals surface area contributed by atoms with Gasteiger partial charge in [-0.3, -0.25) is 0 Å². The summed E-state index contributed by atoms with van der Waals surface area (Å²) in [5.41, 5.74) is 4.83. The molecule has 0 radical (unpaired) electrons. The average molecular weight is 241 g/mol. The van der Waals surface area contributed by atoms with Crippen LogP contribution in [-0.2, 0) is 6.42 Å². The quantitative estimate of drug-likeness (QED) is 0.874. The van der Waals surface area contributed by atoms with Crippen molar-refractivity contribution in [2.45, 2.75) is 13.3 Å². The Morgan fingerprint density at radius 2 is 1.67 bits per heavy atom. The fraction of sp³-hybridized carbons (Fsp3) is 0.250. The van der Waals surface area contributed by atoms with Gasteiger partial charge in [-0.05, 0) is 47.4 Å². The molecule has 2 rings (SSSR count). The van der Waals surface area contributed by atoms with E-state index in [1.165, 1.54) is 16.7 Å². The highest BCUT2D eigenvalue weighted by molar-refractivity contribution is 5.67. The summed E-state index contributed by atoms with van der Waals surface area (Å²) in [6, 6.07) is 14.8. The number of anilines is 1. The Bertz CT molecular complexity index is 517. The zero-order valence-corrected chi connectivity index (χ0v) is 11.2. The zero-order valence-electron chi connectivity index (χ0n) is 11.2. The van der Waals surface area contributed by atoms with Gasteiger partial charge in [0, 0.05) is 12.7 Å². The van der Waals surface area contributed by atoms with Crippen molar-refractivity contribution in [2.75, 3.05) is 19.5 Å². The van der Waals surface area contributed by atoms with Crippen molar-refractivity contribution in [3.05, 3.63) is 48.0 Å². The SMILES string of the molecule is CCc1cc(-c2ccc(NC)cc2)ccc1OC. The summed E-state index contributed by atoms with van der Waals surface area (Å²) in [5.74, 6) is 0.966. The van der Waals surface area contributed by atoms with Crippen molar-refractivity contribution in [1.29, 1.82) is 0 Å². The summed E-state index contributed by atoms with van der Waals surface area (Å²) in [6.45, 7) is 2.14. The summed E-state index contributed by atoms with van der Waals surface area (Å²) >= 11 is 0. The lowest BCUT2D eigenvalue weighted by molar-refractivity contribution is 0.410. The Morgan fingerprint density at radius 1 is 1.00 bits per heavy atom. The van der Waals surface area contributed by atoms with Crippen LogP contribution >= 0.6 is 0 Å². The maximum atomic E-state index is 5.35. The van der Waals surface area contributed by atoms with Crippen molar-refractivity contribution < 1.29 is 4.74 Å². The third-order valence-electron chi connectivity index (χ3n) is 3.17. The number of ether oxygens (including phenoxy) is 1. The molecular weight excluding hydrogens is 222 g/mol. The van der Waals surface area contributed by atoms with E-state index >= 15 is 0 Å². The molecule has 0 aliphatic carbocycles. The highest BCUT2D eigenvalue weighted by atomic mass is 16.5. The van der Waals surface area contributed by atoms with Crippen LogP contribution in [0, 0.1) is 0 Å². The van der Waals surface area contributed by atoms with Crippen LogP contribution in [0.2, 0.25) is 0 Å². The molecule has 2 heteroatoms. The van der Waals surface area contributed by atoms with Gasteiger partial charge in [0.15, 0.2) is 0 Å². The molecule has 0 bridgehead atoms.